The largest absolute Gasteiger partial charge is 0.507 e. The van der Waals surface area contributed by atoms with Gasteiger partial charge in [-0.05, 0) is 42.8 Å². The number of rotatable bonds is 4. The Morgan fingerprint density at radius 1 is 1.03 bits per heavy atom. The average molecular weight is 451 g/mol. The third-order valence-electron chi connectivity index (χ3n) is 5.69. The van der Waals surface area contributed by atoms with E-state index >= 15 is 0 Å². The Hall–Kier alpha value is -2.05. The average Bonchev–Trinajstić information content (AvgIpc) is 3.02. The fraction of sp³-hybridized carbons (Fsp3) is 0.348. The maximum atomic E-state index is 12.9. The van der Waals surface area contributed by atoms with Crippen molar-refractivity contribution < 1.29 is 14.6 Å². The lowest BCUT2D eigenvalue weighted by molar-refractivity contribution is 0.101. The van der Waals surface area contributed by atoms with E-state index in [1.54, 1.807) is 18.2 Å². The van der Waals surface area contributed by atoms with Crippen molar-refractivity contribution in [3.8, 4) is 11.5 Å². The number of ketones is 1. The number of piperazine rings is 1. The summed E-state index contributed by atoms with van der Waals surface area (Å²) >= 11 is 0. The molecule has 0 spiro atoms. The zero-order valence-electron chi connectivity index (χ0n) is 17.3. The maximum absolute atomic E-state index is 12.9. The normalized spacial score (nSPS) is 17.8. The number of phenols is 1. The van der Waals surface area contributed by atoms with Crippen LogP contribution in [0.4, 0.5) is 0 Å². The van der Waals surface area contributed by atoms with Gasteiger partial charge in [0.1, 0.15) is 11.5 Å². The molecule has 2 aliphatic heterocycles. The molecule has 2 aromatic rings. The summed E-state index contributed by atoms with van der Waals surface area (Å²) in [4.78, 5) is 17.6. The van der Waals surface area contributed by atoms with E-state index in [1.165, 1.54) is 0 Å². The lowest BCUT2D eigenvalue weighted by Crippen LogP contribution is -2.45. The first kappa shape index (κ1) is 24.2. The van der Waals surface area contributed by atoms with Crippen LogP contribution in [-0.4, -0.2) is 53.4 Å². The number of phenolic OH excluding ortho intramolecular Hbond substituents is 1. The molecule has 2 aliphatic rings. The molecule has 2 heterocycles. The third-order valence-corrected chi connectivity index (χ3v) is 5.69. The third kappa shape index (κ3) is 4.81. The van der Waals surface area contributed by atoms with Gasteiger partial charge in [-0.25, -0.2) is 0 Å². The number of carbonyl (C=O) groups excluding carboxylic acids is 1. The number of allylic oxidation sites excluding steroid dienone is 1. The fourth-order valence-electron chi connectivity index (χ4n) is 3.83. The number of likely N-dealkylation sites (N-methyl/N-ethyl adjacent to an activating group) is 1. The molecule has 0 aliphatic carbocycles. The van der Waals surface area contributed by atoms with Crippen molar-refractivity contribution in [3.05, 3.63) is 64.4 Å². The Kier molecular flexibility index (Phi) is 8.33. The summed E-state index contributed by atoms with van der Waals surface area (Å²) in [5, 5.41) is 10.5. The molecule has 2 aromatic carbocycles. The Morgan fingerprint density at radius 2 is 1.70 bits per heavy atom. The molecule has 0 atom stereocenters. The Balaban J connectivity index is 0.00000160. The standard InChI is InChI=1S/C23H26N2O3.2ClH/c1-3-24-10-12-25(13-11-24)15-19-20(26)9-8-18-22(27)21(28-23(18)19)14-17-7-5-4-6-16(17)2;;/h4-9,14,26H,3,10-13,15H2,1-2H3;2*1H. The molecule has 0 aromatic heterocycles. The Morgan fingerprint density at radius 3 is 2.37 bits per heavy atom. The molecule has 7 heteroatoms. The number of aryl methyl sites for hydroxylation is 1. The van der Waals surface area contributed by atoms with Crippen LogP contribution < -0.4 is 4.74 Å². The second-order valence-electron chi connectivity index (χ2n) is 7.45. The van der Waals surface area contributed by atoms with Gasteiger partial charge in [-0.1, -0.05) is 31.2 Å². The second-order valence-corrected chi connectivity index (χ2v) is 7.45. The topological polar surface area (TPSA) is 53.0 Å². The molecule has 1 saturated heterocycles. The number of carbonyl (C=O) groups is 1. The number of Topliss-reactive ketones (excluding diaryl/α,β-unsaturated/α-hetero) is 1. The number of benzene rings is 2. The van der Waals surface area contributed by atoms with Crippen molar-refractivity contribution in [1.82, 2.24) is 9.80 Å². The highest BCUT2D eigenvalue weighted by Crippen LogP contribution is 2.40. The van der Waals surface area contributed by atoms with Crippen molar-refractivity contribution in [3.63, 3.8) is 0 Å². The summed E-state index contributed by atoms with van der Waals surface area (Å²) in [6, 6.07) is 11.1. The van der Waals surface area contributed by atoms with Crippen LogP contribution in [0, 0.1) is 6.92 Å². The van der Waals surface area contributed by atoms with E-state index in [-0.39, 0.29) is 36.3 Å². The molecule has 0 amide bonds. The SMILES string of the molecule is CCN1CCN(Cc2c(O)ccc3c2OC(=Cc2ccccc2C)C3=O)CC1.Cl.Cl. The number of hydrogen-bond donors (Lipinski definition) is 1. The Labute approximate surface area is 190 Å². The van der Waals surface area contributed by atoms with Gasteiger partial charge >= 0.3 is 0 Å². The van der Waals surface area contributed by atoms with E-state index in [0.717, 1.165) is 43.9 Å². The molecular formula is C23H28Cl2N2O3. The first-order valence-electron chi connectivity index (χ1n) is 9.86. The number of ether oxygens (including phenoxy) is 1. The minimum Gasteiger partial charge on any atom is -0.507 e. The molecule has 30 heavy (non-hydrogen) atoms. The number of nitrogens with zero attached hydrogens (tertiary/aromatic N) is 2. The van der Waals surface area contributed by atoms with Gasteiger partial charge in [0.2, 0.25) is 5.78 Å². The quantitative estimate of drug-likeness (QED) is 0.703. The van der Waals surface area contributed by atoms with Gasteiger partial charge in [0.15, 0.2) is 5.76 Å². The van der Waals surface area contributed by atoms with Crippen LogP contribution in [0.25, 0.3) is 6.08 Å². The summed E-state index contributed by atoms with van der Waals surface area (Å²) in [6.07, 6.45) is 1.79. The highest BCUT2D eigenvalue weighted by molar-refractivity contribution is 6.15. The molecule has 1 fully saturated rings. The van der Waals surface area contributed by atoms with Gasteiger partial charge in [-0.15, -0.1) is 24.8 Å². The van der Waals surface area contributed by atoms with Crippen LogP contribution in [0.1, 0.15) is 34.0 Å². The molecular weight excluding hydrogens is 423 g/mol. The lowest BCUT2D eigenvalue weighted by atomic mass is 10.0. The summed E-state index contributed by atoms with van der Waals surface area (Å²) in [7, 11) is 0. The molecule has 0 saturated carbocycles. The number of aromatic hydroxyl groups is 1. The highest BCUT2D eigenvalue weighted by atomic mass is 35.5. The van der Waals surface area contributed by atoms with E-state index in [1.807, 2.05) is 31.2 Å². The van der Waals surface area contributed by atoms with Crippen molar-refractivity contribution >= 4 is 36.7 Å². The van der Waals surface area contributed by atoms with Crippen molar-refractivity contribution in [2.24, 2.45) is 0 Å². The molecule has 4 rings (SSSR count). The first-order valence-corrected chi connectivity index (χ1v) is 9.86. The van der Waals surface area contributed by atoms with E-state index in [9.17, 15) is 9.90 Å². The molecule has 162 valence electrons. The predicted molar refractivity (Wildman–Crippen MR) is 124 cm³/mol. The number of hydrogen-bond acceptors (Lipinski definition) is 5. The monoisotopic (exact) mass is 450 g/mol. The van der Waals surface area contributed by atoms with Crippen LogP contribution in [0.2, 0.25) is 0 Å². The molecule has 0 unspecified atom stereocenters. The van der Waals surface area contributed by atoms with E-state index in [2.05, 4.69) is 16.7 Å². The summed E-state index contributed by atoms with van der Waals surface area (Å²) < 4.78 is 5.99. The van der Waals surface area contributed by atoms with E-state index in [4.69, 9.17) is 4.74 Å². The Bertz CT molecular complexity index is 938. The summed E-state index contributed by atoms with van der Waals surface area (Å²) in [5.74, 6) is 0.867. The number of fused-ring (bicyclic) bond motifs is 1. The molecule has 1 N–H and O–H groups in total. The highest BCUT2D eigenvalue weighted by Gasteiger charge is 2.32. The fourth-order valence-corrected chi connectivity index (χ4v) is 3.83. The van der Waals surface area contributed by atoms with Gasteiger partial charge in [0.25, 0.3) is 0 Å². The molecule has 5 nitrogen and oxygen atoms in total. The van der Waals surface area contributed by atoms with Crippen LogP contribution >= 0.6 is 24.8 Å². The zero-order chi connectivity index (χ0) is 19.7. The second kappa shape index (κ2) is 10.3. The van der Waals surface area contributed by atoms with Gasteiger partial charge in [-0.2, -0.15) is 0 Å². The number of halogens is 2. The first-order chi connectivity index (χ1) is 13.6. The maximum Gasteiger partial charge on any atom is 0.231 e. The molecule has 0 bridgehead atoms. The van der Waals surface area contributed by atoms with Gasteiger partial charge in [-0.3, -0.25) is 9.69 Å². The summed E-state index contributed by atoms with van der Waals surface area (Å²) in [5.41, 5.74) is 3.27. The van der Waals surface area contributed by atoms with Gasteiger partial charge in [0.05, 0.1) is 11.1 Å². The van der Waals surface area contributed by atoms with Gasteiger partial charge in [0, 0.05) is 32.7 Å². The predicted octanol–water partition coefficient (Wildman–Crippen LogP) is 4.30. The van der Waals surface area contributed by atoms with Crippen molar-refractivity contribution in [2.75, 3.05) is 32.7 Å². The zero-order valence-corrected chi connectivity index (χ0v) is 18.9. The lowest BCUT2D eigenvalue weighted by Gasteiger charge is -2.34. The smallest absolute Gasteiger partial charge is 0.231 e. The van der Waals surface area contributed by atoms with Crippen LogP contribution in [-0.2, 0) is 6.54 Å². The van der Waals surface area contributed by atoms with Crippen molar-refractivity contribution in [2.45, 2.75) is 20.4 Å². The van der Waals surface area contributed by atoms with Crippen LogP contribution in [0.15, 0.2) is 42.2 Å². The minimum absolute atomic E-state index is 0. The summed E-state index contributed by atoms with van der Waals surface area (Å²) in [6.45, 7) is 9.74. The van der Waals surface area contributed by atoms with Crippen LogP contribution in [0.5, 0.6) is 11.5 Å². The van der Waals surface area contributed by atoms with Crippen LogP contribution in [0.3, 0.4) is 0 Å². The van der Waals surface area contributed by atoms with E-state index in [0.29, 0.717) is 29.2 Å². The van der Waals surface area contributed by atoms with E-state index < -0.39 is 0 Å². The molecule has 0 radical (unpaired) electrons. The van der Waals surface area contributed by atoms with Gasteiger partial charge < -0.3 is 14.7 Å². The van der Waals surface area contributed by atoms with Crippen molar-refractivity contribution in [1.29, 1.82) is 0 Å². The minimum atomic E-state index is -0.129.